The predicted molar refractivity (Wildman–Crippen MR) is 98.6 cm³/mol. The highest BCUT2D eigenvalue weighted by atomic mass is 19.1. The van der Waals surface area contributed by atoms with Gasteiger partial charge in [0.05, 0.1) is 0 Å². The van der Waals surface area contributed by atoms with E-state index in [1.54, 1.807) is 16.8 Å². The average molecular weight is 360 g/mol. The molecule has 27 heavy (non-hydrogen) atoms. The first kappa shape index (κ1) is 15.9. The molecule has 2 aliphatic rings. The van der Waals surface area contributed by atoms with Gasteiger partial charge in [-0.15, -0.1) is 0 Å². The summed E-state index contributed by atoms with van der Waals surface area (Å²) in [5, 5.41) is 7.60. The number of hydrogen-bond acceptors (Lipinski definition) is 4. The number of nitrogens with one attached hydrogen (secondary N) is 1. The van der Waals surface area contributed by atoms with Crippen molar-refractivity contribution in [2.45, 2.75) is 24.8 Å². The number of nitrogens with zero attached hydrogens (tertiary/aromatic N) is 3. The Hall–Kier alpha value is -3.28. The number of hydrogen-bond donors (Lipinski definition) is 1. The van der Waals surface area contributed by atoms with E-state index in [0.29, 0.717) is 17.9 Å². The van der Waals surface area contributed by atoms with Crippen molar-refractivity contribution in [1.82, 2.24) is 14.8 Å². The first-order chi connectivity index (χ1) is 13.2. The van der Waals surface area contributed by atoms with Gasteiger partial charge >= 0.3 is 0 Å². The Morgan fingerprint density at radius 1 is 1.00 bits per heavy atom. The van der Waals surface area contributed by atoms with E-state index < -0.39 is 0 Å². The van der Waals surface area contributed by atoms with Gasteiger partial charge in [0.15, 0.2) is 5.78 Å². The van der Waals surface area contributed by atoms with Crippen LogP contribution in [0.25, 0.3) is 0 Å². The molecule has 5 rings (SSSR count). The molecule has 3 aromatic rings. The lowest BCUT2D eigenvalue weighted by molar-refractivity contribution is -0.116. The fourth-order valence-electron chi connectivity index (χ4n) is 4.07. The highest BCUT2D eigenvalue weighted by Crippen LogP contribution is 2.43. The molecule has 5 nitrogen and oxygen atoms in total. The summed E-state index contributed by atoms with van der Waals surface area (Å²) in [6.07, 6.45) is 2.65. The van der Waals surface area contributed by atoms with Crippen molar-refractivity contribution in [3.63, 3.8) is 0 Å². The smallest absolute Gasteiger partial charge is 0.226 e. The van der Waals surface area contributed by atoms with Gasteiger partial charge in [-0.2, -0.15) is 10.1 Å². The van der Waals surface area contributed by atoms with Gasteiger partial charge in [-0.3, -0.25) is 4.79 Å². The highest BCUT2D eigenvalue weighted by molar-refractivity contribution is 6.00. The fraction of sp³-hybridized carbons (Fsp3) is 0.190. The summed E-state index contributed by atoms with van der Waals surface area (Å²) in [4.78, 5) is 17.4. The van der Waals surface area contributed by atoms with Crippen molar-refractivity contribution in [2.24, 2.45) is 0 Å². The van der Waals surface area contributed by atoms with E-state index >= 15 is 0 Å². The number of carbonyl (C=O) groups excluding carboxylic acids is 1. The Morgan fingerprint density at radius 2 is 1.78 bits per heavy atom. The SMILES string of the molecule is O=C1C[C@H](c2ccccc2)CC2=C1[C@H](c1ccc(F)cc1)n1ncnc1N2. The maximum absolute atomic E-state index is 13.4. The van der Waals surface area contributed by atoms with Crippen molar-refractivity contribution in [3.05, 3.63) is 89.1 Å². The quantitative estimate of drug-likeness (QED) is 0.754. The maximum atomic E-state index is 13.4. The molecule has 1 aliphatic heterocycles. The van der Waals surface area contributed by atoms with Gasteiger partial charge in [0.25, 0.3) is 0 Å². The predicted octanol–water partition coefficient (Wildman–Crippen LogP) is 3.83. The normalized spacial score (nSPS) is 21.4. The molecule has 0 amide bonds. The van der Waals surface area contributed by atoms with Gasteiger partial charge < -0.3 is 5.32 Å². The van der Waals surface area contributed by atoms with Gasteiger partial charge in [0, 0.05) is 17.7 Å². The summed E-state index contributed by atoms with van der Waals surface area (Å²) in [6, 6.07) is 15.9. The molecule has 0 radical (unpaired) electrons. The van der Waals surface area contributed by atoms with Crippen LogP contribution in [-0.4, -0.2) is 20.5 Å². The molecule has 0 unspecified atom stereocenters. The largest absolute Gasteiger partial charge is 0.328 e. The Kier molecular flexibility index (Phi) is 3.63. The molecule has 0 bridgehead atoms. The number of benzene rings is 2. The van der Waals surface area contributed by atoms with Crippen LogP contribution >= 0.6 is 0 Å². The van der Waals surface area contributed by atoms with Crippen LogP contribution in [0.2, 0.25) is 0 Å². The first-order valence-electron chi connectivity index (χ1n) is 8.94. The number of aromatic nitrogens is 3. The van der Waals surface area contributed by atoms with E-state index in [4.69, 9.17) is 0 Å². The third-order valence-corrected chi connectivity index (χ3v) is 5.32. The van der Waals surface area contributed by atoms with E-state index in [9.17, 15) is 9.18 Å². The second-order valence-electron chi connectivity index (χ2n) is 6.94. The van der Waals surface area contributed by atoms with Crippen LogP contribution in [0.1, 0.15) is 35.9 Å². The standard InChI is InChI=1S/C21H17FN4O/c22-16-8-6-14(7-9-16)20-19-17(25-21-23-12-24-26(20)21)10-15(11-18(19)27)13-4-2-1-3-5-13/h1-9,12,15,20H,10-11H2,(H,23,24,25)/t15-,20+/m1/s1. The molecular weight excluding hydrogens is 343 g/mol. The molecule has 1 N–H and O–H groups in total. The molecule has 6 heteroatoms. The van der Waals surface area contributed by atoms with Gasteiger partial charge in [-0.25, -0.2) is 9.07 Å². The summed E-state index contributed by atoms with van der Waals surface area (Å²) >= 11 is 0. The van der Waals surface area contributed by atoms with Crippen molar-refractivity contribution in [3.8, 4) is 0 Å². The Labute approximate surface area is 155 Å². The first-order valence-corrected chi connectivity index (χ1v) is 8.94. The molecule has 2 atom stereocenters. The Balaban J connectivity index is 1.60. The van der Waals surface area contributed by atoms with E-state index in [1.165, 1.54) is 18.5 Å². The van der Waals surface area contributed by atoms with Crippen LogP contribution in [-0.2, 0) is 4.79 Å². The summed E-state index contributed by atoms with van der Waals surface area (Å²) in [5.74, 6) is 0.519. The molecule has 0 saturated heterocycles. The van der Waals surface area contributed by atoms with E-state index in [1.807, 2.05) is 18.2 Å². The van der Waals surface area contributed by atoms with Crippen LogP contribution in [0.15, 0.2) is 72.2 Å². The molecule has 1 aromatic heterocycles. The minimum Gasteiger partial charge on any atom is -0.328 e. The summed E-state index contributed by atoms with van der Waals surface area (Å²) in [5.41, 5.74) is 3.56. The lowest BCUT2D eigenvalue weighted by atomic mass is 9.78. The van der Waals surface area contributed by atoms with Crippen LogP contribution in [0, 0.1) is 5.82 Å². The zero-order valence-electron chi connectivity index (χ0n) is 14.5. The number of carbonyl (C=O) groups is 1. The molecule has 1 aliphatic carbocycles. The molecule has 0 fully saturated rings. The zero-order chi connectivity index (χ0) is 18.4. The number of anilines is 1. The van der Waals surface area contributed by atoms with Gasteiger partial charge in [-0.05, 0) is 35.6 Å². The molecule has 134 valence electrons. The van der Waals surface area contributed by atoms with Gasteiger partial charge in [0.1, 0.15) is 18.2 Å². The summed E-state index contributed by atoms with van der Waals surface area (Å²) in [6.45, 7) is 0. The molecule has 0 spiro atoms. The summed E-state index contributed by atoms with van der Waals surface area (Å²) in [7, 11) is 0. The lowest BCUT2D eigenvalue weighted by Crippen LogP contribution is -2.33. The van der Waals surface area contributed by atoms with Crippen molar-refractivity contribution in [2.75, 3.05) is 5.32 Å². The number of ketones is 1. The van der Waals surface area contributed by atoms with Crippen molar-refractivity contribution < 1.29 is 9.18 Å². The maximum Gasteiger partial charge on any atom is 0.226 e. The van der Waals surface area contributed by atoms with Crippen molar-refractivity contribution >= 4 is 11.7 Å². The zero-order valence-corrected chi connectivity index (χ0v) is 14.5. The van der Waals surface area contributed by atoms with Crippen LogP contribution in [0.4, 0.5) is 10.3 Å². The van der Waals surface area contributed by atoms with E-state index in [0.717, 1.165) is 23.2 Å². The molecule has 0 saturated carbocycles. The fourth-order valence-corrected chi connectivity index (χ4v) is 4.07. The van der Waals surface area contributed by atoms with E-state index in [2.05, 4.69) is 27.5 Å². The second-order valence-corrected chi connectivity index (χ2v) is 6.94. The minimum absolute atomic E-state index is 0.0908. The number of allylic oxidation sites excluding steroid dienone is 2. The number of fused-ring (bicyclic) bond motifs is 1. The monoisotopic (exact) mass is 360 g/mol. The van der Waals surface area contributed by atoms with Crippen LogP contribution in [0.5, 0.6) is 0 Å². The average Bonchev–Trinajstić information content (AvgIpc) is 3.16. The molecule has 2 aromatic carbocycles. The Morgan fingerprint density at radius 3 is 2.56 bits per heavy atom. The lowest BCUT2D eigenvalue weighted by Gasteiger charge is -2.35. The third kappa shape index (κ3) is 2.65. The van der Waals surface area contributed by atoms with Gasteiger partial charge in [0.2, 0.25) is 5.95 Å². The number of halogens is 1. The second kappa shape index (κ2) is 6.16. The van der Waals surface area contributed by atoms with Crippen molar-refractivity contribution in [1.29, 1.82) is 0 Å². The van der Waals surface area contributed by atoms with Crippen LogP contribution in [0.3, 0.4) is 0 Å². The number of Topliss-reactive ketones (excluding diaryl/α,β-unsaturated/α-hetero) is 1. The number of rotatable bonds is 2. The molecular formula is C21H17FN4O. The van der Waals surface area contributed by atoms with Crippen LogP contribution < -0.4 is 5.32 Å². The minimum atomic E-state index is -0.386. The van der Waals surface area contributed by atoms with E-state index in [-0.39, 0.29) is 23.6 Å². The topological polar surface area (TPSA) is 59.8 Å². The Bertz CT molecular complexity index is 1040. The highest BCUT2D eigenvalue weighted by Gasteiger charge is 2.39. The molecule has 2 heterocycles. The summed E-state index contributed by atoms with van der Waals surface area (Å²) < 4.78 is 15.1. The third-order valence-electron chi connectivity index (χ3n) is 5.32. The van der Waals surface area contributed by atoms with Gasteiger partial charge in [-0.1, -0.05) is 42.5 Å².